The molecule has 0 radical (unpaired) electrons. The molecule has 110 valence electrons. The average molecular weight is 302 g/mol. The molecule has 1 N–H and O–H groups in total. The van der Waals surface area contributed by atoms with Gasteiger partial charge in [-0.25, -0.2) is 4.79 Å². The summed E-state index contributed by atoms with van der Waals surface area (Å²) in [4.78, 5) is 12.4. The molecule has 0 unspecified atom stereocenters. The standard InChI is InChI=1S/C19H10O4/c20-14-9-13-16-18(12-7-3-4-8-15(12)22-19(16)21)23-17(13)11-6-2-1-5-10(11)14/h1-9,20H. The van der Waals surface area contributed by atoms with Gasteiger partial charge in [0.05, 0.1) is 5.39 Å². The van der Waals surface area contributed by atoms with Crippen molar-refractivity contribution >= 4 is 43.7 Å². The molecule has 0 spiro atoms. The Hall–Kier alpha value is -3.27. The summed E-state index contributed by atoms with van der Waals surface area (Å²) < 4.78 is 11.4. The van der Waals surface area contributed by atoms with Crippen LogP contribution in [0.5, 0.6) is 5.75 Å². The second-order valence-corrected chi connectivity index (χ2v) is 5.51. The topological polar surface area (TPSA) is 63.6 Å². The summed E-state index contributed by atoms with van der Waals surface area (Å²) in [5.41, 5.74) is 1.09. The van der Waals surface area contributed by atoms with Crippen molar-refractivity contribution in [3.05, 3.63) is 65.0 Å². The van der Waals surface area contributed by atoms with E-state index in [4.69, 9.17) is 8.83 Å². The lowest BCUT2D eigenvalue weighted by atomic mass is 10.1. The van der Waals surface area contributed by atoms with Gasteiger partial charge in [0.25, 0.3) is 0 Å². The van der Waals surface area contributed by atoms with Gasteiger partial charge in [-0.2, -0.15) is 0 Å². The molecular weight excluding hydrogens is 292 g/mol. The molecule has 4 heteroatoms. The highest BCUT2D eigenvalue weighted by molar-refractivity contribution is 6.20. The van der Waals surface area contributed by atoms with E-state index in [1.807, 2.05) is 36.4 Å². The number of phenolic OH excluding ortho intramolecular Hbond substituents is 1. The molecule has 3 aromatic carbocycles. The summed E-state index contributed by atoms with van der Waals surface area (Å²) in [6.07, 6.45) is 0. The lowest BCUT2D eigenvalue weighted by molar-refractivity contribution is 0.482. The summed E-state index contributed by atoms with van der Waals surface area (Å²) in [6.45, 7) is 0. The van der Waals surface area contributed by atoms with Crippen LogP contribution >= 0.6 is 0 Å². The molecule has 0 aliphatic rings. The van der Waals surface area contributed by atoms with Gasteiger partial charge in [-0.05, 0) is 18.2 Å². The van der Waals surface area contributed by atoms with Gasteiger partial charge >= 0.3 is 5.63 Å². The number of fused-ring (bicyclic) bond motifs is 7. The maximum atomic E-state index is 12.4. The molecule has 5 rings (SSSR count). The first-order valence-electron chi connectivity index (χ1n) is 7.23. The highest BCUT2D eigenvalue weighted by Crippen LogP contribution is 2.39. The Kier molecular flexibility index (Phi) is 2.21. The highest BCUT2D eigenvalue weighted by Gasteiger charge is 2.18. The monoisotopic (exact) mass is 302 g/mol. The molecule has 0 atom stereocenters. The van der Waals surface area contributed by atoms with Crippen LogP contribution in [-0.4, -0.2) is 5.11 Å². The van der Waals surface area contributed by atoms with E-state index < -0.39 is 5.63 Å². The minimum Gasteiger partial charge on any atom is -0.507 e. The Morgan fingerprint density at radius 2 is 1.43 bits per heavy atom. The number of furan rings is 1. The van der Waals surface area contributed by atoms with Crippen LogP contribution in [-0.2, 0) is 0 Å². The first-order chi connectivity index (χ1) is 11.2. The molecule has 0 fully saturated rings. The zero-order valence-corrected chi connectivity index (χ0v) is 11.9. The van der Waals surface area contributed by atoms with E-state index in [2.05, 4.69) is 0 Å². The van der Waals surface area contributed by atoms with Gasteiger partial charge in [-0.1, -0.05) is 36.4 Å². The summed E-state index contributed by atoms with van der Waals surface area (Å²) in [5, 5.41) is 13.4. The number of benzene rings is 3. The fraction of sp³-hybridized carbons (Fsp3) is 0. The number of hydrogen-bond donors (Lipinski definition) is 1. The summed E-state index contributed by atoms with van der Waals surface area (Å²) in [5.74, 6) is 0.114. The van der Waals surface area contributed by atoms with Crippen molar-refractivity contribution < 1.29 is 13.9 Å². The van der Waals surface area contributed by atoms with Crippen molar-refractivity contribution in [2.75, 3.05) is 0 Å². The van der Waals surface area contributed by atoms with Crippen molar-refractivity contribution in [1.82, 2.24) is 0 Å². The second-order valence-electron chi connectivity index (χ2n) is 5.51. The minimum absolute atomic E-state index is 0.114. The average Bonchev–Trinajstić information content (AvgIpc) is 2.96. The van der Waals surface area contributed by atoms with Crippen LogP contribution in [0, 0.1) is 0 Å². The van der Waals surface area contributed by atoms with Gasteiger partial charge in [-0.15, -0.1) is 0 Å². The Balaban J connectivity index is 2.16. The number of phenols is 1. The van der Waals surface area contributed by atoms with E-state index in [1.54, 1.807) is 18.2 Å². The Labute approximate surface area is 129 Å². The van der Waals surface area contributed by atoms with Gasteiger partial charge < -0.3 is 13.9 Å². The third kappa shape index (κ3) is 1.52. The van der Waals surface area contributed by atoms with Gasteiger partial charge in [0.2, 0.25) is 0 Å². The van der Waals surface area contributed by atoms with E-state index in [0.717, 1.165) is 10.8 Å². The molecule has 0 aliphatic heterocycles. The molecule has 2 aromatic heterocycles. The molecule has 0 bridgehead atoms. The predicted octanol–water partition coefficient (Wildman–Crippen LogP) is 4.55. The number of rotatable bonds is 0. The smallest absolute Gasteiger partial charge is 0.348 e. The summed E-state index contributed by atoms with van der Waals surface area (Å²) in [7, 11) is 0. The van der Waals surface area contributed by atoms with Crippen molar-refractivity contribution in [2.45, 2.75) is 0 Å². The van der Waals surface area contributed by atoms with Gasteiger partial charge in [0.15, 0.2) is 5.58 Å². The quantitative estimate of drug-likeness (QED) is 0.426. The lowest BCUT2D eigenvalue weighted by Gasteiger charge is -2.00. The third-order valence-electron chi connectivity index (χ3n) is 4.21. The number of para-hydroxylation sites is 1. The molecule has 23 heavy (non-hydrogen) atoms. The van der Waals surface area contributed by atoms with Crippen molar-refractivity contribution in [3.8, 4) is 5.75 Å². The Morgan fingerprint density at radius 1 is 0.739 bits per heavy atom. The maximum absolute atomic E-state index is 12.4. The molecule has 0 aliphatic carbocycles. The lowest BCUT2D eigenvalue weighted by Crippen LogP contribution is -1.97. The van der Waals surface area contributed by atoms with Crippen LogP contribution < -0.4 is 5.63 Å². The predicted molar refractivity (Wildman–Crippen MR) is 88.9 cm³/mol. The molecule has 0 amide bonds. The van der Waals surface area contributed by atoms with Gasteiger partial charge in [0, 0.05) is 16.2 Å². The van der Waals surface area contributed by atoms with Crippen LogP contribution in [0.25, 0.3) is 43.7 Å². The summed E-state index contributed by atoms with van der Waals surface area (Å²) in [6, 6.07) is 16.2. The molecule has 4 nitrogen and oxygen atoms in total. The van der Waals surface area contributed by atoms with Gasteiger partial charge in [-0.3, -0.25) is 0 Å². The number of hydrogen-bond acceptors (Lipinski definition) is 4. The second kappa shape index (κ2) is 4.14. The maximum Gasteiger partial charge on any atom is 0.348 e. The molecule has 2 heterocycles. The highest BCUT2D eigenvalue weighted by atomic mass is 16.4. The van der Waals surface area contributed by atoms with Crippen molar-refractivity contribution in [3.63, 3.8) is 0 Å². The van der Waals surface area contributed by atoms with E-state index in [-0.39, 0.29) is 5.75 Å². The zero-order valence-electron chi connectivity index (χ0n) is 11.9. The largest absolute Gasteiger partial charge is 0.507 e. The van der Waals surface area contributed by atoms with E-state index in [1.165, 1.54) is 0 Å². The minimum atomic E-state index is -0.466. The molecular formula is C19H10O4. The molecule has 0 saturated carbocycles. The van der Waals surface area contributed by atoms with Crippen LogP contribution in [0.4, 0.5) is 0 Å². The van der Waals surface area contributed by atoms with E-state index in [0.29, 0.717) is 32.9 Å². The van der Waals surface area contributed by atoms with E-state index >= 15 is 0 Å². The van der Waals surface area contributed by atoms with Crippen LogP contribution in [0.15, 0.2) is 68.2 Å². The number of aromatic hydroxyl groups is 1. The zero-order chi connectivity index (χ0) is 15.6. The van der Waals surface area contributed by atoms with Crippen molar-refractivity contribution in [1.29, 1.82) is 0 Å². The normalized spacial score (nSPS) is 11.8. The van der Waals surface area contributed by atoms with E-state index in [9.17, 15) is 9.90 Å². The van der Waals surface area contributed by atoms with Gasteiger partial charge in [0.1, 0.15) is 22.3 Å². The van der Waals surface area contributed by atoms with Crippen LogP contribution in [0.3, 0.4) is 0 Å². The van der Waals surface area contributed by atoms with Crippen molar-refractivity contribution in [2.24, 2.45) is 0 Å². The van der Waals surface area contributed by atoms with Crippen LogP contribution in [0.2, 0.25) is 0 Å². The fourth-order valence-electron chi connectivity index (χ4n) is 3.19. The fourth-order valence-corrected chi connectivity index (χ4v) is 3.19. The van der Waals surface area contributed by atoms with Crippen LogP contribution in [0.1, 0.15) is 0 Å². The summed E-state index contributed by atoms with van der Waals surface area (Å²) >= 11 is 0. The molecule has 0 saturated heterocycles. The first kappa shape index (κ1) is 12.3. The molecule has 5 aromatic rings. The third-order valence-corrected chi connectivity index (χ3v) is 4.21. The Bertz CT molecular complexity index is 1290. The first-order valence-corrected chi connectivity index (χ1v) is 7.23. The Morgan fingerprint density at radius 3 is 2.26 bits per heavy atom. The SMILES string of the molecule is O=c1oc2ccccc2c2oc3c4ccccc4c(O)cc3c12.